The van der Waals surface area contributed by atoms with Crippen LogP contribution in [0.3, 0.4) is 0 Å². The van der Waals surface area contributed by atoms with Gasteiger partial charge in [-0.2, -0.15) is 0 Å². The number of urea groups is 1. The topological polar surface area (TPSA) is 61.9 Å². The van der Waals surface area contributed by atoms with Gasteiger partial charge in [0, 0.05) is 23.7 Å². The molecule has 178 valence electrons. The van der Waals surface area contributed by atoms with Crippen LogP contribution in [-0.4, -0.2) is 48.0 Å². The van der Waals surface area contributed by atoms with Gasteiger partial charge in [-0.1, -0.05) is 42.8 Å². The molecule has 3 aromatic rings. The van der Waals surface area contributed by atoms with E-state index in [0.717, 1.165) is 35.4 Å². The van der Waals surface area contributed by atoms with Crippen molar-refractivity contribution in [3.63, 3.8) is 0 Å². The van der Waals surface area contributed by atoms with Gasteiger partial charge in [0.2, 0.25) is 5.91 Å². The molecular formula is C27H31N3O3S. The molecule has 0 fully saturated rings. The zero-order valence-electron chi connectivity index (χ0n) is 19.7. The van der Waals surface area contributed by atoms with Crippen molar-refractivity contribution in [1.29, 1.82) is 0 Å². The van der Waals surface area contributed by atoms with Crippen LogP contribution in [0.4, 0.5) is 10.5 Å². The van der Waals surface area contributed by atoms with Gasteiger partial charge in [0.05, 0.1) is 6.04 Å². The Balaban J connectivity index is 1.46. The number of aryl methyl sites for hydroxylation is 1. The first kappa shape index (κ1) is 23.8. The molecule has 1 unspecified atom stereocenters. The minimum atomic E-state index is -0.260. The van der Waals surface area contributed by atoms with Crippen LogP contribution >= 0.6 is 11.3 Å². The maximum Gasteiger partial charge on any atom is 0.322 e. The van der Waals surface area contributed by atoms with E-state index in [1.54, 1.807) is 16.2 Å². The van der Waals surface area contributed by atoms with E-state index in [-0.39, 0.29) is 24.5 Å². The minimum absolute atomic E-state index is 0.0346. The number of rotatable bonds is 8. The number of carbonyl (C=O) groups is 2. The van der Waals surface area contributed by atoms with Crippen molar-refractivity contribution in [3.05, 3.63) is 82.0 Å². The maximum atomic E-state index is 13.5. The molecule has 2 heterocycles. The van der Waals surface area contributed by atoms with Crippen molar-refractivity contribution in [3.8, 4) is 5.75 Å². The zero-order chi connectivity index (χ0) is 23.9. The highest BCUT2D eigenvalue weighted by molar-refractivity contribution is 7.10. The Bertz CT molecular complexity index is 1100. The SMILES string of the molecule is CCCN(CC(=O)N1CCc2sccc2C1COc1ccccc1)C(=O)Nc1ccc(C)cc1. The Hall–Kier alpha value is -3.32. The van der Waals surface area contributed by atoms with E-state index >= 15 is 0 Å². The van der Waals surface area contributed by atoms with Crippen molar-refractivity contribution in [2.24, 2.45) is 0 Å². The number of nitrogens with one attached hydrogen (secondary N) is 1. The number of hydrogen-bond donors (Lipinski definition) is 1. The molecule has 3 amide bonds. The smallest absolute Gasteiger partial charge is 0.322 e. The fourth-order valence-corrected chi connectivity index (χ4v) is 5.11. The number of benzene rings is 2. The maximum absolute atomic E-state index is 13.5. The second-order valence-electron chi connectivity index (χ2n) is 8.49. The van der Waals surface area contributed by atoms with Gasteiger partial charge >= 0.3 is 6.03 Å². The van der Waals surface area contributed by atoms with E-state index in [1.165, 1.54) is 4.88 Å². The van der Waals surface area contributed by atoms with Crippen molar-refractivity contribution in [2.45, 2.75) is 32.7 Å². The molecule has 1 aromatic heterocycles. The fraction of sp³-hybridized carbons (Fsp3) is 0.333. The number of anilines is 1. The molecule has 1 aliphatic rings. The number of nitrogens with zero attached hydrogens (tertiary/aromatic N) is 2. The molecule has 2 aromatic carbocycles. The minimum Gasteiger partial charge on any atom is -0.491 e. The average Bonchev–Trinajstić information content (AvgIpc) is 3.33. The average molecular weight is 478 g/mol. The predicted molar refractivity (Wildman–Crippen MR) is 136 cm³/mol. The van der Waals surface area contributed by atoms with E-state index in [2.05, 4.69) is 16.8 Å². The molecule has 6 nitrogen and oxygen atoms in total. The number of hydrogen-bond acceptors (Lipinski definition) is 4. The quantitative estimate of drug-likeness (QED) is 0.466. The monoisotopic (exact) mass is 477 g/mol. The van der Waals surface area contributed by atoms with Crippen LogP contribution in [0.2, 0.25) is 0 Å². The molecule has 0 radical (unpaired) electrons. The summed E-state index contributed by atoms with van der Waals surface area (Å²) in [5.74, 6) is 0.716. The summed E-state index contributed by atoms with van der Waals surface area (Å²) >= 11 is 1.73. The summed E-state index contributed by atoms with van der Waals surface area (Å²) in [6, 6.07) is 19.0. The number of fused-ring (bicyclic) bond motifs is 1. The van der Waals surface area contributed by atoms with E-state index < -0.39 is 0 Å². The number of amides is 3. The summed E-state index contributed by atoms with van der Waals surface area (Å²) in [7, 11) is 0. The highest BCUT2D eigenvalue weighted by atomic mass is 32.1. The highest BCUT2D eigenvalue weighted by Crippen LogP contribution is 2.34. The van der Waals surface area contributed by atoms with Crippen LogP contribution in [0.25, 0.3) is 0 Å². The Labute approximate surface area is 205 Å². The van der Waals surface area contributed by atoms with Gasteiger partial charge < -0.3 is 19.9 Å². The second kappa shape index (κ2) is 11.2. The lowest BCUT2D eigenvalue weighted by Crippen LogP contribution is -2.48. The molecule has 1 N–H and O–H groups in total. The third-order valence-corrected chi connectivity index (χ3v) is 6.97. The Morgan fingerprint density at radius 1 is 1.12 bits per heavy atom. The number of thiophene rings is 1. The Morgan fingerprint density at radius 2 is 1.88 bits per heavy atom. The summed E-state index contributed by atoms with van der Waals surface area (Å²) in [4.78, 5) is 31.2. The molecular weight excluding hydrogens is 446 g/mol. The summed E-state index contributed by atoms with van der Waals surface area (Å²) in [5.41, 5.74) is 2.99. The molecule has 34 heavy (non-hydrogen) atoms. The first-order valence-electron chi connectivity index (χ1n) is 11.7. The molecule has 7 heteroatoms. The number of ether oxygens (including phenoxy) is 1. The molecule has 1 aliphatic heterocycles. The first-order chi connectivity index (χ1) is 16.5. The summed E-state index contributed by atoms with van der Waals surface area (Å²) in [6.45, 7) is 5.55. The predicted octanol–water partition coefficient (Wildman–Crippen LogP) is 5.51. The van der Waals surface area contributed by atoms with Crippen LogP contribution in [-0.2, 0) is 11.2 Å². The lowest BCUT2D eigenvalue weighted by atomic mass is 10.0. The van der Waals surface area contributed by atoms with Crippen LogP contribution in [0.5, 0.6) is 5.75 Å². The van der Waals surface area contributed by atoms with Crippen molar-refractivity contribution in [2.75, 3.05) is 31.6 Å². The molecule has 1 atom stereocenters. The molecule has 0 spiro atoms. The largest absolute Gasteiger partial charge is 0.491 e. The molecule has 0 saturated heterocycles. The van der Waals surface area contributed by atoms with Crippen LogP contribution in [0.1, 0.15) is 35.4 Å². The van der Waals surface area contributed by atoms with E-state index in [0.29, 0.717) is 19.7 Å². The summed E-state index contributed by atoms with van der Waals surface area (Å²) in [5, 5.41) is 5.00. The third kappa shape index (κ3) is 5.78. The summed E-state index contributed by atoms with van der Waals surface area (Å²) < 4.78 is 6.06. The standard InChI is InChI=1S/C27H31N3O3S/c1-3-15-29(27(32)28-21-11-9-20(2)10-12-21)18-26(31)30-16-13-25-23(14-17-34-25)24(30)19-33-22-7-5-4-6-8-22/h4-12,14,17,24H,3,13,15-16,18-19H2,1-2H3,(H,28,32). The third-order valence-electron chi connectivity index (χ3n) is 5.98. The van der Waals surface area contributed by atoms with E-state index in [4.69, 9.17) is 4.74 Å². The van der Waals surface area contributed by atoms with E-state index in [1.807, 2.05) is 73.3 Å². The molecule has 0 bridgehead atoms. The van der Waals surface area contributed by atoms with E-state index in [9.17, 15) is 9.59 Å². The molecule has 0 saturated carbocycles. The lowest BCUT2D eigenvalue weighted by Gasteiger charge is -2.37. The van der Waals surface area contributed by atoms with Crippen molar-refractivity contribution in [1.82, 2.24) is 9.80 Å². The van der Waals surface area contributed by atoms with Gasteiger partial charge in [0.25, 0.3) is 0 Å². The molecule has 4 rings (SSSR count). The van der Waals surface area contributed by atoms with Gasteiger partial charge in [0.1, 0.15) is 18.9 Å². The first-order valence-corrected chi connectivity index (χ1v) is 12.6. The van der Waals surface area contributed by atoms with Crippen LogP contribution < -0.4 is 10.1 Å². The number of carbonyl (C=O) groups excluding carboxylic acids is 2. The Kier molecular flexibility index (Phi) is 7.85. The second-order valence-corrected chi connectivity index (χ2v) is 9.49. The lowest BCUT2D eigenvalue weighted by molar-refractivity contribution is -0.135. The van der Waals surface area contributed by atoms with Crippen LogP contribution in [0.15, 0.2) is 66.0 Å². The highest BCUT2D eigenvalue weighted by Gasteiger charge is 2.33. The van der Waals surface area contributed by atoms with Gasteiger partial charge in [-0.05, 0) is 61.0 Å². The Morgan fingerprint density at radius 3 is 2.62 bits per heavy atom. The van der Waals surface area contributed by atoms with Crippen molar-refractivity contribution >= 4 is 29.0 Å². The van der Waals surface area contributed by atoms with Gasteiger partial charge in [-0.15, -0.1) is 11.3 Å². The zero-order valence-corrected chi connectivity index (χ0v) is 20.5. The number of para-hydroxylation sites is 1. The van der Waals surface area contributed by atoms with Gasteiger partial charge in [0.15, 0.2) is 0 Å². The fourth-order valence-electron chi connectivity index (χ4n) is 4.18. The van der Waals surface area contributed by atoms with Gasteiger partial charge in [-0.3, -0.25) is 4.79 Å². The molecule has 0 aliphatic carbocycles. The van der Waals surface area contributed by atoms with Crippen LogP contribution in [0, 0.1) is 6.92 Å². The summed E-state index contributed by atoms with van der Waals surface area (Å²) in [6.07, 6.45) is 1.59. The normalized spacial score (nSPS) is 14.9. The van der Waals surface area contributed by atoms with Gasteiger partial charge in [-0.25, -0.2) is 4.79 Å². The van der Waals surface area contributed by atoms with Crippen molar-refractivity contribution < 1.29 is 14.3 Å².